The smallest absolute Gasteiger partial charge is 0.257 e. The maximum atomic E-state index is 13.5. The van der Waals surface area contributed by atoms with Gasteiger partial charge in [0.25, 0.3) is 5.56 Å². The van der Waals surface area contributed by atoms with E-state index in [0.717, 1.165) is 18.2 Å². The quantitative estimate of drug-likeness (QED) is 0.667. The maximum Gasteiger partial charge on any atom is 0.257 e. The fraction of sp³-hybridized carbons (Fsp3) is 0.267. The molecule has 23 heavy (non-hydrogen) atoms. The molecule has 1 aliphatic rings. The summed E-state index contributed by atoms with van der Waals surface area (Å²) in [5.74, 6) is -1.74. The van der Waals surface area contributed by atoms with Gasteiger partial charge < -0.3 is 10.3 Å². The first-order valence-electron chi connectivity index (χ1n) is 7.00. The minimum atomic E-state index is -0.755. The van der Waals surface area contributed by atoms with Crippen molar-refractivity contribution in [3.05, 3.63) is 51.3 Å². The van der Waals surface area contributed by atoms with Crippen LogP contribution in [0.25, 0.3) is 0 Å². The van der Waals surface area contributed by atoms with Crippen LogP contribution in [-0.4, -0.2) is 21.6 Å². The van der Waals surface area contributed by atoms with E-state index < -0.39 is 23.1 Å². The molecule has 0 fully saturated rings. The van der Waals surface area contributed by atoms with E-state index in [4.69, 9.17) is 0 Å². The van der Waals surface area contributed by atoms with Crippen molar-refractivity contribution in [3.63, 3.8) is 0 Å². The first-order valence-corrected chi connectivity index (χ1v) is 7.99. The second kappa shape index (κ2) is 6.11. The minimum Gasteiger partial charge on any atom is -0.310 e. The van der Waals surface area contributed by atoms with Gasteiger partial charge in [-0.2, -0.15) is 0 Å². The Bertz CT molecular complexity index is 818. The van der Waals surface area contributed by atoms with Gasteiger partial charge in [-0.05, 0) is 23.4 Å². The molecule has 1 aliphatic heterocycles. The fourth-order valence-corrected chi connectivity index (χ4v) is 3.21. The number of carbonyl (C=O) groups is 1. The third kappa shape index (κ3) is 3.12. The molecule has 0 saturated heterocycles. The van der Waals surface area contributed by atoms with Crippen LogP contribution in [0.4, 0.5) is 14.6 Å². The van der Waals surface area contributed by atoms with Crippen molar-refractivity contribution in [2.75, 3.05) is 11.1 Å². The summed E-state index contributed by atoms with van der Waals surface area (Å²) >= 11 is 1.33. The third-order valence-corrected chi connectivity index (χ3v) is 4.25. The van der Waals surface area contributed by atoms with Crippen LogP contribution in [0, 0.1) is 11.6 Å². The van der Waals surface area contributed by atoms with E-state index in [1.54, 1.807) is 0 Å². The van der Waals surface area contributed by atoms with Crippen molar-refractivity contribution in [3.8, 4) is 0 Å². The standard InChI is InChI=1S/C15H13F2N3O2S/c1-2-23-15-19-13-12(14(22)20-15)10(6-11(21)18-13)7-3-8(16)5-9(17)4-7/h3-5,10H,2,6H2,1H3,(H2,18,19,20,21,22)/t10-/m1/s1. The first kappa shape index (κ1) is 15.7. The lowest BCUT2D eigenvalue weighted by Gasteiger charge is -2.24. The molecular formula is C15H13F2N3O2S. The van der Waals surface area contributed by atoms with Crippen molar-refractivity contribution < 1.29 is 13.6 Å². The molecule has 0 aliphatic carbocycles. The second-order valence-corrected chi connectivity index (χ2v) is 6.33. The number of aromatic nitrogens is 2. The lowest BCUT2D eigenvalue weighted by molar-refractivity contribution is -0.116. The molecule has 0 radical (unpaired) electrons. The van der Waals surface area contributed by atoms with Gasteiger partial charge in [0, 0.05) is 18.4 Å². The molecule has 120 valence electrons. The summed E-state index contributed by atoms with van der Waals surface area (Å²) in [6, 6.07) is 3.01. The molecule has 5 nitrogen and oxygen atoms in total. The number of aromatic amines is 1. The molecule has 3 rings (SSSR count). The highest BCUT2D eigenvalue weighted by Gasteiger charge is 2.31. The molecule has 0 spiro atoms. The van der Waals surface area contributed by atoms with Crippen LogP contribution in [-0.2, 0) is 4.79 Å². The molecule has 0 saturated carbocycles. The Hall–Kier alpha value is -2.22. The van der Waals surface area contributed by atoms with Gasteiger partial charge in [-0.15, -0.1) is 0 Å². The number of rotatable bonds is 3. The van der Waals surface area contributed by atoms with Crippen molar-refractivity contribution in [1.29, 1.82) is 0 Å². The summed E-state index contributed by atoms with van der Waals surface area (Å²) in [6.07, 6.45) is -0.0685. The number of anilines is 1. The Morgan fingerprint density at radius 3 is 2.61 bits per heavy atom. The Balaban J connectivity index is 2.15. The predicted octanol–water partition coefficient (Wildman–Crippen LogP) is 2.63. The van der Waals surface area contributed by atoms with Gasteiger partial charge in [-0.1, -0.05) is 18.7 Å². The molecule has 2 heterocycles. The van der Waals surface area contributed by atoms with Crippen LogP contribution in [0.15, 0.2) is 28.2 Å². The minimum absolute atomic E-state index is 0.0685. The van der Waals surface area contributed by atoms with Crippen LogP contribution in [0.3, 0.4) is 0 Å². The molecular weight excluding hydrogens is 324 g/mol. The van der Waals surface area contributed by atoms with E-state index >= 15 is 0 Å². The number of nitrogens with zero attached hydrogens (tertiary/aromatic N) is 1. The molecule has 2 N–H and O–H groups in total. The lowest BCUT2D eigenvalue weighted by Crippen LogP contribution is -2.31. The average Bonchev–Trinajstić information content (AvgIpc) is 2.45. The van der Waals surface area contributed by atoms with Crippen molar-refractivity contribution in [1.82, 2.24) is 9.97 Å². The molecule has 0 unspecified atom stereocenters. The third-order valence-electron chi connectivity index (χ3n) is 3.50. The second-order valence-electron chi connectivity index (χ2n) is 5.07. The largest absolute Gasteiger partial charge is 0.310 e. The molecule has 1 atom stereocenters. The monoisotopic (exact) mass is 337 g/mol. The van der Waals surface area contributed by atoms with Gasteiger partial charge in [0.2, 0.25) is 5.91 Å². The number of nitrogens with one attached hydrogen (secondary N) is 2. The predicted molar refractivity (Wildman–Crippen MR) is 82.7 cm³/mol. The van der Waals surface area contributed by atoms with Crippen molar-refractivity contribution in [2.24, 2.45) is 0 Å². The normalized spacial score (nSPS) is 16.8. The molecule has 1 aromatic heterocycles. The van der Waals surface area contributed by atoms with Gasteiger partial charge in [0.15, 0.2) is 5.16 Å². The number of thioether (sulfide) groups is 1. The highest BCUT2D eigenvalue weighted by Crippen LogP contribution is 2.34. The summed E-state index contributed by atoms with van der Waals surface area (Å²) in [7, 11) is 0. The highest BCUT2D eigenvalue weighted by atomic mass is 32.2. The molecule has 1 amide bonds. The number of halogens is 2. The number of benzene rings is 1. The van der Waals surface area contributed by atoms with Crippen molar-refractivity contribution in [2.45, 2.75) is 24.4 Å². The number of fused-ring (bicyclic) bond motifs is 1. The topological polar surface area (TPSA) is 74.8 Å². The van der Waals surface area contributed by atoms with E-state index in [-0.39, 0.29) is 29.3 Å². The summed E-state index contributed by atoms with van der Waals surface area (Å²) in [5, 5.41) is 2.95. The Labute approximate surface area is 134 Å². The average molecular weight is 337 g/mol. The van der Waals surface area contributed by atoms with Gasteiger partial charge in [-0.25, -0.2) is 13.8 Å². The van der Waals surface area contributed by atoms with Crippen molar-refractivity contribution >= 4 is 23.5 Å². The SMILES string of the molecule is CCSc1nc2c(c(=O)[nH]1)[C@@H](c1cc(F)cc(F)c1)CC(=O)N2. The fourth-order valence-electron chi connectivity index (χ4n) is 2.62. The van der Waals surface area contributed by atoms with Crippen LogP contribution >= 0.6 is 11.8 Å². The number of H-pyrrole nitrogens is 1. The van der Waals surface area contributed by atoms with E-state index in [2.05, 4.69) is 15.3 Å². The summed E-state index contributed by atoms with van der Waals surface area (Å²) in [4.78, 5) is 31.1. The zero-order valence-electron chi connectivity index (χ0n) is 12.2. The van der Waals surface area contributed by atoms with E-state index in [1.807, 2.05) is 6.92 Å². The lowest BCUT2D eigenvalue weighted by atomic mass is 9.87. The summed E-state index contributed by atoms with van der Waals surface area (Å²) < 4.78 is 27.0. The Kier molecular flexibility index (Phi) is 4.16. The van der Waals surface area contributed by atoms with Crippen LogP contribution in [0.5, 0.6) is 0 Å². The maximum absolute atomic E-state index is 13.5. The zero-order valence-corrected chi connectivity index (χ0v) is 13.0. The van der Waals surface area contributed by atoms with Crippen LogP contribution in [0.2, 0.25) is 0 Å². The molecule has 1 aromatic carbocycles. The zero-order chi connectivity index (χ0) is 16.6. The summed E-state index contributed by atoms with van der Waals surface area (Å²) in [6.45, 7) is 1.90. The Morgan fingerprint density at radius 2 is 1.96 bits per heavy atom. The molecule has 8 heteroatoms. The van der Waals surface area contributed by atoms with Gasteiger partial charge in [0.1, 0.15) is 17.5 Å². The van der Waals surface area contributed by atoms with Crippen LogP contribution < -0.4 is 10.9 Å². The number of carbonyl (C=O) groups excluding carboxylic acids is 1. The van der Waals surface area contributed by atoms with Gasteiger partial charge >= 0.3 is 0 Å². The van der Waals surface area contributed by atoms with E-state index in [0.29, 0.717) is 10.9 Å². The number of hydrogen-bond donors (Lipinski definition) is 2. The summed E-state index contributed by atoms with van der Waals surface area (Å²) in [5.41, 5.74) is 0.0393. The number of hydrogen-bond acceptors (Lipinski definition) is 4. The Morgan fingerprint density at radius 1 is 1.26 bits per heavy atom. The van der Waals surface area contributed by atoms with E-state index in [9.17, 15) is 18.4 Å². The molecule has 2 aromatic rings. The van der Waals surface area contributed by atoms with Gasteiger partial charge in [0.05, 0.1) is 5.56 Å². The van der Waals surface area contributed by atoms with E-state index in [1.165, 1.54) is 11.8 Å². The number of amides is 1. The highest BCUT2D eigenvalue weighted by molar-refractivity contribution is 7.99. The van der Waals surface area contributed by atoms with Gasteiger partial charge in [-0.3, -0.25) is 9.59 Å². The first-order chi connectivity index (χ1) is 11.0. The molecule has 0 bridgehead atoms. The van der Waals surface area contributed by atoms with Crippen LogP contribution in [0.1, 0.15) is 30.4 Å².